The topological polar surface area (TPSA) is 76.4 Å². The number of hydrogen-bond donors (Lipinski definition) is 2. The number of carbonyl (C=O) groups is 1. The molecule has 1 aliphatic heterocycles. The van der Waals surface area contributed by atoms with E-state index in [4.69, 9.17) is 5.26 Å². The quantitative estimate of drug-likeness (QED) is 0.720. The number of piperidine rings is 1. The molecule has 118 valence electrons. The minimum absolute atomic E-state index is 0.0214. The van der Waals surface area contributed by atoms with Crippen molar-refractivity contribution in [3.8, 4) is 6.07 Å². The zero-order valence-electron chi connectivity index (χ0n) is 13.1. The van der Waals surface area contributed by atoms with Gasteiger partial charge in [0.15, 0.2) is 0 Å². The van der Waals surface area contributed by atoms with Crippen LogP contribution >= 0.6 is 0 Å². The van der Waals surface area contributed by atoms with Crippen LogP contribution in [0.5, 0.6) is 0 Å². The summed E-state index contributed by atoms with van der Waals surface area (Å²) in [7, 11) is 0. The molecule has 1 heterocycles. The summed E-state index contributed by atoms with van der Waals surface area (Å²) in [5.41, 5.74) is 0. The molecule has 1 aliphatic carbocycles. The van der Waals surface area contributed by atoms with E-state index < -0.39 is 0 Å². The first-order valence-corrected chi connectivity index (χ1v) is 8.07. The number of carbonyl (C=O) groups excluding carboxylic acids is 1. The van der Waals surface area contributed by atoms with Gasteiger partial charge in [0, 0.05) is 25.0 Å². The summed E-state index contributed by atoms with van der Waals surface area (Å²) >= 11 is 0. The third-order valence-corrected chi connectivity index (χ3v) is 4.52. The van der Waals surface area contributed by atoms with Gasteiger partial charge < -0.3 is 10.4 Å². The maximum atomic E-state index is 11.9. The molecule has 0 aromatic heterocycles. The van der Waals surface area contributed by atoms with Crippen molar-refractivity contribution in [3.05, 3.63) is 0 Å². The predicted octanol–water partition coefficient (Wildman–Crippen LogP) is 1.13. The van der Waals surface area contributed by atoms with Crippen LogP contribution in [-0.2, 0) is 4.79 Å². The van der Waals surface area contributed by atoms with Crippen molar-refractivity contribution in [3.63, 3.8) is 0 Å². The number of nitrogens with zero attached hydrogens (tertiary/aromatic N) is 2. The van der Waals surface area contributed by atoms with E-state index in [1.165, 1.54) is 0 Å². The van der Waals surface area contributed by atoms with Gasteiger partial charge in [0.05, 0.1) is 18.7 Å². The normalized spacial score (nSPS) is 28.1. The van der Waals surface area contributed by atoms with E-state index in [0.717, 1.165) is 38.8 Å². The molecule has 3 atom stereocenters. The molecule has 2 aliphatic rings. The molecule has 2 N–H and O–H groups in total. The summed E-state index contributed by atoms with van der Waals surface area (Å²) in [6, 6.07) is 2.29. The van der Waals surface area contributed by atoms with Gasteiger partial charge in [0.1, 0.15) is 0 Å². The van der Waals surface area contributed by atoms with Crippen molar-refractivity contribution >= 4 is 5.91 Å². The van der Waals surface area contributed by atoms with Crippen molar-refractivity contribution in [1.29, 1.82) is 5.26 Å². The lowest BCUT2D eigenvalue weighted by molar-refractivity contribution is -0.125. The molecule has 1 saturated carbocycles. The van der Waals surface area contributed by atoms with Crippen LogP contribution in [0.15, 0.2) is 0 Å². The molecule has 2 rings (SSSR count). The number of nitriles is 1. The molecular formula is C16H27N3O2. The Kier molecular flexibility index (Phi) is 5.60. The maximum absolute atomic E-state index is 11.9. The number of nitrogens with one attached hydrogen (secondary N) is 1. The Bertz CT molecular complexity index is 401. The summed E-state index contributed by atoms with van der Waals surface area (Å²) in [6.07, 6.45) is 3.77. The Morgan fingerprint density at radius 2 is 2.14 bits per heavy atom. The molecule has 3 unspecified atom stereocenters. The van der Waals surface area contributed by atoms with Crippen LogP contribution in [0.3, 0.4) is 0 Å². The Labute approximate surface area is 127 Å². The molecule has 0 spiro atoms. The Balaban J connectivity index is 1.90. The summed E-state index contributed by atoms with van der Waals surface area (Å²) in [4.78, 5) is 14.0. The van der Waals surface area contributed by atoms with Crippen LogP contribution < -0.4 is 5.32 Å². The standard InChI is InChI=1S/C16H27N3O2/c1-11(2)16(21)18-14-7-12(8-15(20)13-3-4-13)9-19(10-14)6-5-17/h11-15,20H,3-4,6-10H2,1-2H3,(H,18,21). The molecular weight excluding hydrogens is 266 g/mol. The average Bonchev–Trinajstić information content (AvgIpc) is 3.22. The summed E-state index contributed by atoms with van der Waals surface area (Å²) in [6.45, 7) is 5.76. The maximum Gasteiger partial charge on any atom is 0.222 e. The van der Waals surface area contributed by atoms with Gasteiger partial charge in [-0.15, -0.1) is 0 Å². The number of amides is 1. The second-order valence-corrected chi connectivity index (χ2v) is 6.95. The van der Waals surface area contributed by atoms with Crippen LogP contribution in [0.25, 0.3) is 0 Å². The molecule has 1 saturated heterocycles. The first-order valence-electron chi connectivity index (χ1n) is 8.07. The fourth-order valence-corrected chi connectivity index (χ4v) is 3.19. The smallest absolute Gasteiger partial charge is 0.222 e. The van der Waals surface area contributed by atoms with Gasteiger partial charge in [-0.1, -0.05) is 13.8 Å². The lowest BCUT2D eigenvalue weighted by atomic mass is 9.88. The van der Waals surface area contributed by atoms with Gasteiger partial charge in [-0.2, -0.15) is 5.26 Å². The number of hydrogen-bond acceptors (Lipinski definition) is 4. The minimum atomic E-state index is -0.210. The van der Waals surface area contributed by atoms with Crippen LogP contribution in [-0.4, -0.2) is 47.7 Å². The molecule has 2 fully saturated rings. The molecule has 5 heteroatoms. The van der Waals surface area contributed by atoms with Gasteiger partial charge in [0.25, 0.3) is 0 Å². The number of likely N-dealkylation sites (tertiary alicyclic amines) is 1. The molecule has 1 amide bonds. The van der Waals surface area contributed by atoms with E-state index in [1.54, 1.807) is 0 Å². The lowest BCUT2D eigenvalue weighted by Crippen LogP contribution is -2.52. The van der Waals surface area contributed by atoms with Crippen molar-refractivity contribution in [2.24, 2.45) is 17.8 Å². The molecule has 0 radical (unpaired) electrons. The Hall–Kier alpha value is -1.12. The molecule has 0 bridgehead atoms. The SMILES string of the molecule is CC(C)C(=O)NC1CC(CC(O)C2CC2)CN(CC#N)C1. The third-order valence-electron chi connectivity index (χ3n) is 4.52. The zero-order valence-corrected chi connectivity index (χ0v) is 13.1. The van der Waals surface area contributed by atoms with Crippen LogP contribution in [0.4, 0.5) is 0 Å². The van der Waals surface area contributed by atoms with E-state index >= 15 is 0 Å². The molecule has 5 nitrogen and oxygen atoms in total. The molecule has 21 heavy (non-hydrogen) atoms. The van der Waals surface area contributed by atoms with Gasteiger partial charge in [-0.25, -0.2) is 0 Å². The summed E-state index contributed by atoms with van der Waals surface area (Å²) < 4.78 is 0. The predicted molar refractivity (Wildman–Crippen MR) is 80.3 cm³/mol. The van der Waals surface area contributed by atoms with E-state index in [1.807, 2.05) is 13.8 Å². The fourth-order valence-electron chi connectivity index (χ4n) is 3.19. The fraction of sp³-hybridized carbons (Fsp3) is 0.875. The van der Waals surface area contributed by atoms with Crippen LogP contribution in [0.2, 0.25) is 0 Å². The van der Waals surface area contributed by atoms with Gasteiger partial charge in [-0.3, -0.25) is 9.69 Å². The van der Waals surface area contributed by atoms with E-state index in [-0.39, 0.29) is 24.0 Å². The summed E-state index contributed by atoms with van der Waals surface area (Å²) in [5.74, 6) is 0.896. The van der Waals surface area contributed by atoms with Crippen LogP contribution in [0.1, 0.15) is 39.5 Å². The van der Waals surface area contributed by atoms with E-state index in [9.17, 15) is 9.90 Å². The van der Waals surface area contributed by atoms with Crippen molar-refractivity contribution in [2.75, 3.05) is 19.6 Å². The first-order chi connectivity index (χ1) is 9.99. The molecule has 0 aromatic carbocycles. The Morgan fingerprint density at radius 1 is 1.43 bits per heavy atom. The highest BCUT2D eigenvalue weighted by Gasteiger charge is 2.35. The van der Waals surface area contributed by atoms with E-state index in [0.29, 0.717) is 18.4 Å². The van der Waals surface area contributed by atoms with Gasteiger partial charge in [0.2, 0.25) is 5.91 Å². The second kappa shape index (κ2) is 7.24. The van der Waals surface area contributed by atoms with E-state index in [2.05, 4.69) is 16.3 Å². The van der Waals surface area contributed by atoms with Crippen molar-refractivity contribution in [1.82, 2.24) is 10.2 Å². The lowest BCUT2D eigenvalue weighted by Gasteiger charge is -2.38. The minimum Gasteiger partial charge on any atom is -0.393 e. The average molecular weight is 293 g/mol. The van der Waals surface area contributed by atoms with Gasteiger partial charge >= 0.3 is 0 Å². The zero-order chi connectivity index (χ0) is 15.4. The highest BCUT2D eigenvalue weighted by molar-refractivity contribution is 5.78. The first kappa shape index (κ1) is 16.3. The van der Waals surface area contributed by atoms with Gasteiger partial charge in [-0.05, 0) is 37.5 Å². The highest BCUT2D eigenvalue weighted by Crippen LogP contribution is 2.36. The number of rotatable bonds is 6. The molecule has 0 aromatic rings. The monoisotopic (exact) mass is 293 g/mol. The van der Waals surface area contributed by atoms with Crippen molar-refractivity contribution in [2.45, 2.75) is 51.7 Å². The second-order valence-electron chi connectivity index (χ2n) is 6.95. The Morgan fingerprint density at radius 3 is 2.71 bits per heavy atom. The number of aliphatic hydroxyl groups is 1. The largest absolute Gasteiger partial charge is 0.393 e. The number of aliphatic hydroxyl groups excluding tert-OH is 1. The third kappa shape index (κ3) is 4.98. The van der Waals surface area contributed by atoms with Crippen LogP contribution in [0, 0.1) is 29.1 Å². The highest BCUT2D eigenvalue weighted by atomic mass is 16.3. The van der Waals surface area contributed by atoms with Crippen molar-refractivity contribution < 1.29 is 9.90 Å². The summed E-state index contributed by atoms with van der Waals surface area (Å²) in [5, 5.41) is 22.1.